The standard InChI is InChI=1S/C17H17NO4/c1-12(19)18-14-7-8-15(17-16(14)20-9-10-21-17)22-11-13-5-3-2-4-6-13/h2-8H,9-11H2,1H3,(H,18,19). The highest BCUT2D eigenvalue weighted by atomic mass is 16.6. The van der Waals surface area contributed by atoms with E-state index in [1.54, 1.807) is 12.1 Å². The molecule has 0 bridgehead atoms. The first-order valence-corrected chi connectivity index (χ1v) is 7.11. The summed E-state index contributed by atoms with van der Waals surface area (Å²) in [6.07, 6.45) is 0. The van der Waals surface area contributed by atoms with Crippen LogP contribution in [0.2, 0.25) is 0 Å². The number of fused-ring (bicyclic) bond motifs is 1. The average Bonchev–Trinajstić information content (AvgIpc) is 2.55. The normalized spacial score (nSPS) is 12.6. The fraction of sp³-hybridized carbons (Fsp3) is 0.235. The third-order valence-corrected chi connectivity index (χ3v) is 3.20. The largest absolute Gasteiger partial charge is 0.485 e. The lowest BCUT2D eigenvalue weighted by molar-refractivity contribution is -0.114. The molecule has 1 N–H and O–H groups in total. The highest BCUT2D eigenvalue weighted by molar-refractivity contribution is 5.91. The molecule has 0 unspecified atom stereocenters. The van der Waals surface area contributed by atoms with Crippen LogP contribution in [-0.2, 0) is 11.4 Å². The van der Waals surface area contributed by atoms with Crippen molar-refractivity contribution in [3.63, 3.8) is 0 Å². The summed E-state index contributed by atoms with van der Waals surface area (Å²) < 4.78 is 17.1. The van der Waals surface area contributed by atoms with Gasteiger partial charge in [-0.05, 0) is 17.7 Å². The summed E-state index contributed by atoms with van der Waals surface area (Å²) in [5.74, 6) is 1.50. The summed E-state index contributed by atoms with van der Waals surface area (Å²) in [5.41, 5.74) is 1.66. The summed E-state index contributed by atoms with van der Waals surface area (Å²) in [6.45, 7) is 2.80. The fourth-order valence-electron chi connectivity index (χ4n) is 2.25. The van der Waals surface area contributed by atoms with Gasteiger partial charge in [0.05, 0.1) is 5.69 Å². The summed E-state index contributed by atoms with van der Waals surface area (Å²) in [4.78, 5) is 11.3. The first-order valence-electron chi connectivity index (χ1n) is 7.11. The molecule has 0 saturated carbocycles. The van der Waals surface area contributed by atoms with Crippen molar-refractivity contribution in [1.82, 2.24) is 0 Å². The summed E-state index contributed by atoms with van der Waals surface area (Å²) in [7, 11) is 0. The monoisotopic (exact) mass is 299 g/mol. The molecule has 114 valence electrons. The van der Waals surface area contributed by atoms with E-state index in [-0.39, 0.29) is 5.91 Å². The van der Waals surface area contributed by atoms with E-state index in [1.165, 1.54) is 6.92 Å². The molecular formula is C17H17NO4. The number of rotatable bonds is 4. The number of carbonyl (C=O) groups excluding carboxylic acids is 1. The lowest BCUT2D eigenvalue weighted by Crippen LogP contribution is -2.18. The van der Waals surface area contributed by atoms with Crippen LogP contribution in [0.4, 0.5) is 5.69 Å². The topological polar surface area (TPSA) is 56.8 Å². The molecular weight excluding hydrogens is 282 g/mol. The molecule has 0 atom stereocenters. The molecule has 1 amide bonds. The SMILES string of the molecule is CC(=O)Nc1ccc(OCc2ccccc2)c2c1OCCO2. The number of benzene rings is 2. The molecule has 2 aromatic carbocycles. The van der Waals surface area contributed by atoms with E-state index in [0.717, 1.165) is 5.56 Å². The number of hydrogen-bond acceptors (Lipinski definition) is 4. The van der Waals surface area contributed by atoms with Gasteiger partial charge in [-0.25, -0.2) is 0 Å². The maximum absolute atomic E-state index is 11.3. The number of carbonyl (C=O) groups is 1. The van der Waals surface area contributed by atoms with Gasteiger partial charge in [-0.3, -0.25) is 4.79 Å². The van der Waals surface area contributed by atoms with Gasteiger partial charge in [0, 0.05) is 6.92 Å². The van der Waals surface area contributed by atoms with Gasteiger partial charge in [-0.15, -0.1) is 0 Å². The Bertz CT molecular complexity index is 670. The van der Waals surface area contributed by atoms with Gasteiger partial charge < -0.3 is 19.5 Å². The molecule has 0 aromatic heterocycles. The van der Waals surface area contributed by atoms with Gasteiger partial charge in [0.2, 0.25) is 11.7 Å². The molecule has 0 saturated heterocycles. The molecule has 0 radical (unpaired) electrons. The molecule has 1 heterocycles. The number of anilines is 1. The Hall–Kier alpha value is -2.69. The average molecular weight is 299 g/mol. The maximum Gasteiger partial charge on any atom is 0.221 e. The van der Waals surface area contributed by atoms with Gasteiger partial charge in [-0.1, -0.05) is 30.3 Å². The molecule has 3 rings (SSSR count). The molecule has 2 aromatic rings. The molecule has 1 aliphatic heterocycles. The van der Waals surface area contributed by atoms with E-state index in [1.807, 2.05) is 30.3 Å². The Balaban J connectivity index is 1.84. The minimum atomic E-state index is -0.158. The van der Waals surface area contributed by atoms with Crippen LogP contribution < -0.4 is 19.5 Å². The fourth-order valence-corrected chi connectivity index (χ4v) is 2.25. The van der Waals surface area contributed by atoms with Crippen LogP contribution >= 0.6 is 0 Å². The van der Waals surface area contributed by atoms with Crippen molar-refractivity contribution in [2.75, 3.05) is 18.5 Å². The van der Waals surface area contributed by atoms with Crippen molar-refractivity contribution in [2.45, 2.75) is 13.5 Å². The zero-order valence-electron chi connectivity index (χ0n) is 12.3. The van der Waals surface area contributed by atoms with E-state index in [0.29, 0.717) is 42.8 Å². The minimum absolute atomic E-state index is 0.158. The smallest absolute Gasteiger partial charge is 0.221 e. The van der Waals surface area contributed by atoms with Crippen molar-refractivity contribution in [2.24, 2.45) is 0 Å². The molecule has 5 nitrogen and oxygen atoms in total. The summed E-state index contributed by atoms with van der Waals surface area (Å²) >= 11 is 0. The third kappa shape index (κ3) is 3.14. The molecule has 0 aliphatic carbocycles. The predicted molar refractivity (Wildman–Crippen MR) is 82.5 cm³/mol. The second kappa shape index (κ2) is 6.39. The van der Waals surface area contributed by atoms with Gasteiger partial charge >= 0.3 is 0 Å². The van der Waals surface area contributed by atoms with E-state index >= 15 is 0 Å². The number of ether oxygens (including phenoxy) is 3. The third-order valence-electron chi connectivity index (χ3n) is 3.20. The summed E-state index contributed by atoms with van der Waals surface area (Å²) in [5, 5.41) is 2.73. The number of nitrogens with one attached hydrogen (secondary N) is 1. The van der Waals surface area contributed by atoms with Crippen LogP contribution in [0.15, 0.2) is 42.5 Å². The summed E-state index contributed by atoms with van der Waals surface area (Å²) in [6, 6.07) is 13.4. The van der Waals surface area contributed by atoms with Gasteiger partial charge in [0.1, 0.15) is 19.8 Å². The Labute approximate surface area is 128 Å². The quantitative estimate of drug-likeness (QED) is 0.943. The Kier molecular flexibility index (Phi) is 4.14. The van der Waals surface area contributed by atoms with Crippen LogP contribution in [0, 0.1) is 0 Å². The lowest BCUT2D eigenvalue weighted by Gasteiger charge is -2.23. The van der Waals surface area contributed by atoms with Crippen LogP contribution in [0.25, 0.3) is 0 Å². The molecule has 0 spiro atoms. The van der Waals surface area contributed by atoms with Gasteiger partial charge in [0.15, 0.2) is 11.5 Å². The van der Waals surface area contributed by atoms with Crippen LogP contribution in [-0.4, -0.2) is 19.1 Å². The predicted octanol–water partition coefficient (Wildman–Crippen LogP) is 3.00. The van der Waals surface area contributed by atoms with Crippen molar-refractivity contribution >= 4 is 11.6 Å². The van der Waals surface area contributed by atoms with Gasteiger partial charge in [-0.2, -0.15) is 0 Å². The molecule has 22 heavy (non-hydrogen) atoms. The Morgan fingerprint density at radius 3 is 2.55 bits per heavy atom. The highest BCUT2D eigenvalue weighted by Gasteiger charge is 2.21. The van der Waals surface area contributed by atoms with E-state index < -0.39 is 0 Å². The zero-order chi connectivity index (χ0) is 15.4. The van der Waals surface area contributed by atoms with Gasteiger partial charge in [0.25, 0.3) is 0 Å². The maximum atomic E-state index is 11.3. The first-order chi connectivity index (χ1) is 10.7. The minimum Gasteiger partial charge on any atom is -0.485 e. The van der Waals surface area contributed by atoms with E-state index in [4.69, 9.17) is 14.2 Å². The molecule has 5 heteroatoms. The van der Waals surface area contributed by atoms with Crippen molar-refractivity contribution in [3.8, 4) is 17.2 Å². The Morgan fingerprint density at radius 1 is 1.09 bits per heavy atom. The first kappa shape index (κ1) is 14.3. The highest BCUT2D eigenvalue weighted by Crippen LogP contribution is 2.44. The number of hydrogen-bond donors (Lipinski definition) is 1. The van der Waals surface area contributed by atoms with Crippen molar-refractivity contribution in [1.29, 1.82) is 0 Å². The van der Waals surface area contributed by atoms with Crippen molar-refractivity contribution < 1.29 is 19.0 Å². The Morgan fingerprint density at radius 2 is 1.82 bits per heavy atom. The van der Waals surface area contributed by atoms with Crippen molar-refractivity contribution in [3.05, 3.63) is 48.0 Å². The zero-order valence-corrected chi connectivity index (χ0v) is 12.3. The second-order valence-electron chi connectivity index (χ2n) is 4.92. The van der Waals surface area contributed by atoms with E-state index in [2.05, 4.69) is 5.32 Å². The number of amides is 1. The second-order valence-corrected chi connectivity index (χ2v) is 4.92. The lowest BCUT2D eigenvalue weighted by atomic mass is 10.2. The van der Waals surface area contributed by atoms with Crippen LogP contribution in [0.5, 0.6) is 17.2 Å². The van der Waals surface area contributed by atoms with Crippen LogP contribution in [0.1, 0.15) is 12.5 Å². The van der Waals surface area contributed by atoms with E-state index in [9.17, 15) is 4.79 Å². The molecule has 0 fully saturated rings. The molecule has 1 aliphatic rings. The van der Waals surface area contributed by atoms with Crippen LogP contribution in [0.3, 0.4) is 0 Å².